The molecule has 3 aromatic rings. The van der Waals surface area contributed by atoms with Gasteiger partial charge in [-0.3, -0.25) is 4.79 Å². The third-order valence-electron chi connectivity index (χ3n) is 4.08. The highest BCUT2D eigenvalue weighted by Gasteiger charge is 2.21. The predicted octanol–water partition coefficient (Wildman–Crippen LogP) is 4.87. The van der Waals surface area contributed by atoms with E-state index in [1.807, 2.05) is 37.3 Å². The molecule has 0 fully saturated rings. The summed E-state index contributed by atoms with van der Waals surface area (Å²) in [5, 5.41) is 7.53. The molecule has 1 heterocycles. The van der Waals surface area contributed by atoms with Gasteiger partial charge in [0.2, 0.25) is 0 Å². The number of anilines is 1. The minimum absolute atomic E-state index is 0.172. The molecule has 1 N–H and O–H groups in total. The fourth-order valence-corrected chi connectivity index (χ4v) is 2.54. The van der Waals surface area contributed by atoms with E-state index in [0.717, 1.165) is 16.9 Å². The lowest BCUT2D eigenvalue weighted by Gasteiger charge is -2.14. The summed E-state index contributed by atoms with van der Waals surface area (Å²) >= 11 is 0. The van der Waals surface area contributed by atoms with Crippen LogP contribution in [0.1, 0.15) is 42.4 Å². The molecule has 0 aliphatic carbocycles. The highest BCUT2D eigenvalue weighted by Crippen LogP contribution is 2.26. The number of aryl methyl sites for hydroxylation is 1. The zero-order valence-corrected chi connectivity index (χ0v) is 15.4. The van der Waals surface area contributed by atoms with Crippen molar-refractivity contribution in [2.45, 2.75) is 33.1 Å². The molecule has 1 aromatic heterocycles. The molecule has 0 spiro atoms. The van der Waals surface area contributed by atoms with E-state index in [0.29, 0.717) is 5.82 Å². The molecule has 0 atom stereocenters. The number of nitrogens with one attached hydrogen (secondary N) is 1. The smallest absolute Gasteiger partial charge is 0.256 e. The Hall–Kier alpha value is -2.95. The van der Waals surface area contributed by atoms with Crippen LogP contribution in [-0.2, 0) is 5.41 Å². The highest BCUT2D eigenvalue weighted by atomic mass is 19.1. The summed E-state index contributed by atoms with van der Waals surface area (Å²) in [6.45, 7) is 8.20. The highest BCUT2D eigenvalue weighted by molar-refractivity contribution is 6.04. The molecule has 0 aliphatic rings. The van der Waals surface area contributed by atoms with Crippen molar-refractivity contribution < 1.29 is 9.18 Å². The Kier molecular flexibility index (Phi) is 4.64. The topological polar surface area (TPSA) is 46.9 Å². The Morgan fingerprint density at radius 3 is 2.38 bits per heavy atom. The van der Waals surface area contributed by atoms with E-state index in [-0.39, 0.29) is 16.9 Å². The van der Waals surface area contributed by atoms with Gasteiger partial charge >= 0.3 is 0 Å². The lowest BCUT2D eigenvalue weighted by Crippen LogP contribution is -2.15. The van der Waals surface area contributed by atoms with E-state index < -0.39 is 5.82 Å². The Balaban J connectivity index is 2.00. The third-order valence-corrected chi connectivity index (χ3v) is 4.08. The number of nitrogens with zero attached hydrogens (tertiary/aromatic N) is 2. The molecule has 1 amide bonds. The molecule has 0 saturated carbocycles. The van der Waals surface area contributed by atoms with Gasteiger partial charge in [-0.15, -0.1) is 0 Å². The average Bonchev–Trinajstić information content (AvgIpc) is 2.99. The quantitative estimate of drug-likeness (QED) is 0.732. The molecule has 134 valence electrons. The zero-order chi connectivity index (χ0) is 18.9. The molecule has 3 rings (SSSR count). The van der Waals surface area contributed by atoms with Crippen LogP contribution in [-0.4, -0.2) is 15.7 Å². The lowest BCUT2D eigenvalue weighted by molar-refractivity contribution is 0.102. The van der Waals surface area contributed by atoms with Crippen molar-refractivity contribution in [1.82, 2.24) is 9.78 Å². The third kappa shape index (κ3) is 3.82. The van der Waals surface area contributed by atoms with Crippen LogP contribution in [0.5, 0.6) is 0 Å². The predicted molar refractivity (Wildman–Crippen MR) is 101 cm³/mol. The molecule has 4 nitrogen and oxygen atoms in total. The van der Waals surface area contributed by atoms with Crippen molar-refractivity contribution in [3.8, 4) is 5.69 Å². The maximum Gasteiger partial charge on any atom is 0.256 e. The molecule has 26 heavy (non-hydrogen) atoms. The summed E-state index contributed by atoms with van der Waals surface area (Å²) in [5.41, 5.74) is 2.93. The van der Waals surface area contributed by atoms with E-state index in [4.69, 9.17) is 0 Å². The molecule has 0 saturated heterocycles. The van der Waals surface area contributed by atoms with Crippen molar-refractivity contribution >= 4 is 11.7 Å². The minimum Gasteiger partial charge on any atom is -0.306 e. The maximum atomic E-state index is 13.4. The number of hydrogen-bond acceptors (Lipinski definition) is 2. The summed E-state index contributed by atoms with van der Waals surface area (Å²) in [6.07, 6.45) is 0. The number of benzene rings is 2. The number of hydrogen-bond donors (Lipinski definition) is 1. The molecule has 0 radical (unpaired) electrons. The van der Waals surface area contributed by atoms with Crippen molar-refractivity contribution in [2.24, 2.45) is 0 Å². The molecule has 5 heteroatoms. The molecule has 2 aromatic carbocycles. The molecular formula is C21H22FN3O. The van der Waals surface area contributed by atoms with Crippen molar-refractivity contribution in [2.75, 3.05) is 5.32 Å². The van der Waals surface area contributed by atoms with Gasteiger partial charge in [0.15, 0.2) is 0 Å². The maximum absolute atomic E-state index is 13.4. The second-order valence-corrected chi connectivity index (χ2v) is 7.38. The Morgan fingerprint density at radius 1 is 1.08 bits per heavy atom. The van der Waals surface area contributed by atoms with E-state index >= 15 is 0 Å². The standard InChI is InChI=1S/C21H22FN3O/c1-14-8-10-17(11-9-14)25-19(13-18(24-25)21(2,3)4)23-20(26)15-6-5-7-16(22)12-15/h5-13H,1-4H3,(H,23,26). The number of halogens is 1. The Morgan fingerprint density at radius 2 is 1.77 bits per heavy atom. The van der Waals surface area contributed by atoms with Crippen molar-refractivity contribution in [3.63, 3.8) is 0 Å². The summed E-state index contributed by atoms with van der Waals surface area (Å²) in [4.78, 5) is 12.5. The van der Waals surface area contributed by atoms with Gasteiger partial charge < -0.3 is 5.32 Å². The van der Waals surface area contributed by atoms with E-state index in [1.54, 1.807) is 10.7 Å². The van der Waals surface area contributed by atoms with E-state index in [9.17, 15) is 9.18 Å². The summed E-state index contributed by atoms with van der Waals surface area (Å²) in [7, 11) is 0. The van der Waals surface area contributed by atoms with Gasteiger partial charge in [0.05, 0.1) is 11.4 Å². The Bertz CT molecular complexity index is 937. The van der Waals surface area contributed by atoms with Gasteiger partial charge in [-0.2, -0.15) is 5.10 Å². The molecule has 0 bridgehead atoms. The largest absolute Gasteiger partial charge is 0.306 e. The van der Waals surface area contributed by atoms with Gasteiger partial charge in [0.25, 0.3) is 5.91 Å². The first-order chi connectivity index (χ1) is 12.2. The van der Waals surface area contributed by atoms with E-state index in [2.05, 4.69) is 31.2 Å². The van der Waals surface area contributed by atoms with Crippen LogP contribution in [0.2, 0.25) is 0 Å². The van der Waals surface area contributed by atoms with Crippen LogP contribution in [0.25, 0.3) is 5.69 Å². The van der Waals surface area contributed by atoms with Crippen molar-refractivity contribution in [3.05, 3.63) is 77.2 Å². The summed E-state index contributed by atoms with van der Waals surface area (Å²) in [6, 6.07) is 15.4. The first kappa shape index (κ1) is 17.9. The van der Waals surface area contributed by atoms with Gasteiger partial charge in [-0.1, -0.05) is 44.5 Å². The van der Waals surface area contributed by atoms with Gasteiger partial charge in [-0.25, -0.2) is 9.07 Å². The fraction of sp³-hybridized carbons (Fsp3) is 0.238. The first-order valence-electron chi connectivity index (χ1n) is 8.48. The van der Waals surface area contributed by atoms with Crippen molar-refractivity contribution in [1.29, 1.82) is 0 Å². The summed E-state index contributed by atoms with van der Waals surface area (Å²) in [5.74, 6) is -0.272. The fourth-order valence-electron chi connectivity index (χ4n) is 2.54. The van der Waals surface area contributed by atoms with Crippen LogP contribution in [0, 0.1) is 12.7 Å². The number of rotatable bonds is 3. The van der Waals surface area contributed by atoms with E-state index in [1.165, 1.54) is 18.2 Å². The van der Waals surface area contributed by atoms with Crippen LogP contribution in [0.15, 0.2) is 54.6 Å². The molecular weight excluding hydrogens is 329 g/mol. The molecule has 0 unspecified atom stereocenters. The lowest BCUT2D eigenvalue weighted by atomic mass is 9.92. The van der Waals surface area contributed by atoms with Crippen LogP contribution in [0.4, 0.5) is 10.2 Å². The first-order valence-corrected chi connectivity index (χ1v) is 8.48. The SMILES string of the molecule is Cc1ccc(-n2nc(C(C)(C)C)cc2NC(=O)c2cccc(F)c2)cc1. The average molecular weight is 351 g/mol. The van der Waals surface area contributed by atoms with Crippen LogP contribution in [0.3, 0.4) is 0 Å². The van der Waals surface area contributed by atoms with Crippen LogP contribution < -0.4 is 5.32 Å². The number of amides is 1. The summed E-state index contributed by atoms with van der Waals surface area (Å²) < 4.78 is 15.1. The normalized spacial score (nSPS) is 11.4. The second-order valence-electron chi connectivity index (χ2n) is 7.38. The number of carbonyl (C=O) groups is 1. The van der Waals surface area contributed by atoms with Gasteiger partial charge in [-0.05, 0) is 37.3 Å². The molecule has 0 aliphatic heterocycles. The number of carbonyl (C=O) groups excluding carboxylic acids is 1. The van der Waals surface area contributed by atoms with Gasteiger partial charge in [0, 0.05) is 17.0 Å². The minimum atomic E-state index is -0.444. The zero-order valence-electron chi connectivity index (χ0n) is 15.4. The van der Waals surface area contributed by atoms with Crippen LogP contribution >= 0.6 is 0 Å². The number of aromatic nitrogens is 2. The monoisotopic (exact) mass is 351 g/mol. The second kappa shape index (κ2) is 6.75. The Labute approximate surface area is 152 Å². The van der Waals surface area contributed by atoms with Gasteiger partial charge in [0.1, 0.15) is 11.6 Å².